The Hall–Kier alpha value is -0.0900. The summed E-state index contributed by atoms with van der Waals surface area (Å²) in [5.74, 6) is 0.401. The summed E-state index contributed by atoms with van der Waals surface area (Å²) in [5.41, 5.74) is -0.696. The summed E-state index contributed by atoms with van der Waals surface area (Å²) in [7, 11) is -2.88. The summed E-state index contributed by atoms with van der Waals surface area (Å²) in [6, 6.07) is 0. The first kappa shape index (κ1) is 15.9. The van der Waals surface area contributed by atoms with E-state index in [1.165, 1.54) is 0 Å². The Morgan fingerprint density at radius 2 is 1.62 bits per heavy atom. The molecule has 0 saturated carbocycles. The minimum Gasteiger partial charge on any atom is -0.390 e. The number of hydrogen-bond acceptors (Lipinski definition) is 3. The van der Waals surface area contributed by atoms with Gasteiger partial charge in [-0.2, -0.15) is 0 Å². The summed E-state index contributed by atoms with van der Waals surface area (Å²) in [4.78, 5) is 0. The highest BCUT2D eigenvalue weighted by Crippen LogP contribution is 2.20. The Morgan fingerprint density at radius 3 is 2.12 bits per heavy atom. The van der Waals surface area contributed by atoms with Crippen molar-refractivity contribution in [2.75, 3.05) is 11.5 Å². The van der Waals surface area contributed by atoms with Crippen molar-refractivity contribution in [1.82, 2.24) is 0 Å². The molecular formula is C12H26O3S. The lowest BCUT2D eigenvalue weighted by molar-refractivity contribution is 0.0389. The highest BCUT2D eigenvalue weighted by molar-refractivity contribution is 7.91. The maximum Gasteiger partial charge on any atom is 0.150 e. The SMILES string of the molecule is CCCCCC(C)(O)CCCS(=O)(=O)CC. The van der Waals surface area contributed by atoms with Crippen molar-refractivity contribution in [1.29, 1.82) is 0 Å². The lowest BCUT2D eigenvalue weighted by Crippen LogP contribution is -2.25. The van der Waals surface area contributed by atoms with Crippen molar-refractivity contribution in [2.24, 2.45) is 0 Å². The quantitative estimate of drug-likeness (QED) is 0.640. The van der Waals surface area contributed by atoms with Crippen LogP contribution in [-0.2, 0) is 9.84 Å². The molecular weight excluding hydrogens is 224 g/mol. The number of hydrogen-bond donors (Lipinski definition) is 1. The normalized spacial score (nSPS) is 16.0. The summed E-state index contributed by atoms with van der Waals surface area (Å²) in [5, 5.41) is 10.0. The first-order chi connectivity index (χ1) is 7.33. The van der Waals surface area contributed by atoms with E-state index in [-0.39, 0.29) is 11.5 Å². The zero-order chi connectivity index (χ0) is 12.7. The third-order valence-corrected chi connectivity index (χ3v) is 4.72. The Morgan fingerprint density at radius 1 is 1.06 bits per heavy atom. The summed E-state index contributed by atoms with van der Waals surface area (Å²) in [6.07, 6.45) is 5.20. The van der Waals surface area contributed by atoms with E-state index in [1.54, 1.807) is 13.8 Å². The Labute approximate surface area is 100 Å². The fraction of sp³-hybridized carbons (Fsp3) is 1.00. The van der Waals surface area contributed by atoms with Gasteiger partial charge in [0.15, 0.2) is 0 Å². The number of sulfone groups is 1. The van der Waals surface area contributed by atoms with Gasteiger partial charge in [-0.05, 0) is 26.2 Å². The molecule has 1 N–H and O–H groups in total. The average molecular weight is 250 g/mol. The number of aliphatic hydroxyl groups is 1. The number of rotatable bonds is 9. The second-order valence-corrected chi connectivity index (χ2v) is 7.27. The van der Waals surface area contributed by atoms with Gasteiger partial charge in [0, 0.05) is 5.75 Å². The van der Waals surface area contributed by atoms with Crippen molar-refractivity contribution in [2.45, 2.75) is 64.9 Å². The van der Waals surface area contributed by atoms with Crippen molar-refractivity contribution >= 4 is 9.84 Å². The van der Waals surface area contributed by atoms with Gasteiger partial charge < -0.3 is 5.11 Å². The predicted octanol–water partition coefficient (Wildman–Crippen LogP) is 2.53. The molecule has 0 aliphatic rings. The van der Waals surface area contributed by atoms with E-state index in [1.807, 2.05) is 0 Å². The van der Waals surface area contributed by atoms with E-state index < -0.39 is 15.4 Å². The van der Waals surface area contributed by atoms with Crippen LogP contribution in [0.4, 0.5) is 0 Å². The third kappa shape index (κ3) is 8.11. The van der Waals surface area contributed by atoms with Gasteiger partial charge in [0.2, 0.25) is 0 Å². The van der Waals surface area contributed by atoms with Gasteiger partial charge >= 0.3 is 0 Å². The summed E-state index contributed by atoms with van der Waals surface area (Å²) >= 11 is 0. The lowest BCUT2D eigenvalue weighted by atomic mass is 9.94. The summed E-state index contributed by atoms with van der Waals surface area (Å²) < 4.78 is 22.5. The molecule has 0 bridgehead atoms. The minimum atomic E-state index is -2.88. The minimum absolute atomic E-state index is 0.199. The van der Waals surface area contributed by atoms with Gasteiger partial charge in [-0.15, -0.1) is 0 Å². The van der Waals surface area contributed by atoms with Crippen LogP contribution in [0.25, 0.3) is 0 Å². The highest BCUT2D eigenvalue weighted by Gasteiger charge is 2.20. The molecule has 1 unspecified atom stereocenters. The van der Waals surface area contributed by atoms with Crippen LogP contribution in [0.2, 0.25) is 0 Å². The van der Waals surface area contributed by atoms with E-state index in [2.05, 4.69) is 6.92 Å². The molecule has 16 heavy (non-hydrogen) atoms. The standard InChI is InChI=1S/C12H26O3S/c1-4-6-7-9-12(3,13)10-8-11-16(14,15)5-2/h13H,4-11H2,1-3H3. The van der Waals surface area contributed by atoms with Crippen LogP contribution in [0.5, 0.6) is 0 Å². The zero-order valence-electron chi connectivity index (χ0n) is 10.8. The van der Waals surface area contributed by atoms with Crippen molar-refractivity contribution in [3.8, 4) is 0 Å². The fourth-order valence-corrected chi connectivity index (χ4v) is 2.57. The topological polar surface area (TPSA) is 54.4 Å². The predicted molar refractivity (Wildman–Crippen MR) is 68.3 cm³/mol. The van der Waals surface area contributed by atoms with E-state index in [4.69, 9.17) is 0 Å². The van der Waals surface area contributed by atoms with Gasteiger partial charge in [-0.3, -0.25) is 0 Å². The molecule has 0 aliphatic heterocycles. The number of unbranched alkanes of at least 4 members (excludes halogenated alkanes) is 2. The molecule has 0 aliphatic carbocycles. The van der Waals surface area contributed by atoms with E-state index >= 15 is 0 Å². The maximum atomic E-state index is 11.3. The molecule has 0 fully saturated rings. The molecule has 0 radical (unpaired) electrons. The first-order valence-electron chi connectivity index (χ1n) is 6.26. The van der Waals surface area contributed by atoms with Crippen LogP contribution in [0.3, 0.4) is 0 Å². The van der Waals surface area contributed by atoms with Gasteiger partial charge in [-0.25, -0.2) is 8.42 Å². The Balaban J connectivity index is 3.82. The van der Waals surface area contributed by atoms with Gasteiger partial charge in [0.25, 0.3) is 0 Å². The molecule has 0 aromatic rings. The van der Waals surface area contributed by atoms with E-state index in [0.717, 1.165) is 25.7 Å². The molecule has 3 nitrogen and oxygen atoms in total. The molecule has 0 saturated heterocycles. The molecule has 0 amide bonds. The van der Waals surface area contributed by atoms with Crippen LogP contribution in [0, 0.1) is 0 Å². The van der Waals surface area contributed by atoms with Crippen molar-refractivity contribution in [3.05, 3.63) is 0 Å². The largest absolute Gasteiger partial charge is 0.390 e. The smallest absolute Gasteiger partial charge is 0.150 e. The fourth-order valence-electron chi connectivity index (χ4n) is 1.70. The van der Waals surface area contributed by atoms with Crippen LogP contribution in [0.1, 0.15) is 59.3 Å². The highest BCUT2D eigenvalue weighted by atomic mass is 32.2. The third-order valence-electron chi connectivity index (χ3n) is 2.93. The van der Waals surface area contributed by atoms with Crippen LogP contribution in [-0.4, -0.2) is 30.6 Å². The van der Waals surface area contributed by atoms with Crippen LogP contribution < -0.4 is 0 Å². The lowest BCUT2D eigenvalue weighted by Gasteiger charge is -2.23. The van der Waals surface area contributed by atoms with Crippen LogP contribution >= 0.6 is 0 Å². The first-order valence-corrected chi connectivity index (χ1v) is 8.08. The van der Waals surface area contributed by atoms with Gasteiger partial charge in [0.05, 0.1) is 11.4 Å². The summed E-state index contributed by atoms with van der Waals surface area (Å²) in [6.45, 7) is 5.60. The Bertz CT molecular complexity index is 268. The van der Waals surface area contributed by atoms with E-state index in [0.29, 0.717) is 12.8 Å². The molecule has 0 rings (SSSR count). The van der Waals surface area contributed by atoms with Gasteiger partial charge in [-0.1, -0.05) is 33.1 Å². The van der Waals surface area contributed by atoms with E-state index in [9.17, 15) is 13.5 Å². The molecule has 0 aromatic heterocycles. The molecule has 0 spiro atoms. The monoisotopic (exact) mass is 250 g/mol. The molecule has 0 heterocycles. The molecule has 0 aromatic carbocycles. The Kier molecular flexibility index (Phi) is 7.24. The molecule has 1 atom stereocenters. The molecule has 4 heteroatoms. The molecule has 98 valence electrons. The van der Waals surface area contributed by atoms with Crippen molar-refractivity contribution in [3.63, 3.8) is 0 Å². The zero-order valence-corrected chi connectivity index (χ0v) is 11.6. The van der Waals surface area contributed by atoms with Crippen molar-refractivity contribution < 1.29 is 13.5 Å². The van der Waals surface area contributed by atoms with Gasteiger partial charge in [0.1, 0.15) is 9.84 Å². The second kappa shape index (κ2) is 7.28. The second-order valence-electron chi connectivity index (χ2n) is 4.79. The maximum absolute atomic E-state index is 11.3. The average Bonchev–Trinajstić information content (AvgIpc) is 2.17. The van der Waals surface area contributed by atoms with Crippen LogP contribution in [0.15, 0.2) is 0 Å².